The summed E-state index contributed by atoms with van der Waals surface area (Å²) >= 11 is 0. The fourth-order valence-corrected chi connectivity index (χ4v) is 4.30. The van der Waals surface area contributed by atoms with Crippen LogP contribution in [0.1, 0.15) is 48.9 Å². The van der Waals surface area contributed by atoms with Crippen molar-refractivity contribution in [3.05, 3.63) is 23.8 Å². The first-order valence-electron chi connectivity index (χ1n) is 8.56. The van der Waals surface area contributed by atoms with E-state index in [0.717, 1.165) is 38.5 Å². The van der Waals surface area contributed by atoms with Gasteiger partial charge in [-0.15, -0.1) is 0 Å². The average molecular weight is 370 g/mol. The normalized spacial score (nSPS) is 15.9. The molecule has 0 aliphatic heterocycles. The summed E-state index contributed by atoms with van der Waals surface area (Å²) < 4.78 is 32.7. The standard InChI is InChI=1S/C17H26N2O5S/c1-24-11-5-10-18-16-9-8-14(12-15(16)17(20)21)25(22,23)19-13-6-3-2-4-7-13/h8-9,12-13,18-19H,2-7,10-11H2,1H3,(H,20,21). The molecule has 0 spiro atoms. The fourth-order valence-electron chi connectivity index (χ4n) is 2.97. The Balaban J connectivity index is 2.14. The van der Waals surface area contributed by atoms with Crippen molar-refractivity contribution in [1.82, 2.24) is 4.72 Å². The van der Waals surface area contributed by atoms with Crippen LogP contribution in [0.3, 0.4) is 0 Å². The van der Waals surface area contributed by atoms with E-state index in [2.05, 4.69) is 10.0 Å². The van der Waals surface area contributed by atoms with E-state index in [0.29, 0.717) is 18.8 Å². The Morgan fingerprint density at radius 1 is 1.28 bits per heavy atom. The predicted octanol–water partition coefficient (Wildman–Crippen LogP) is 2.44. The maximum Gasteiger partial charge on any atom is 0.337 e. The van der Waals surface area contributed by atoms with Crippen molar-refractivity contribution >= 4 is 21.7 Å². The number of hydrogen-bond donors (Lipinski definition) is 3. The van der Waals surface area contributed by atoms with E-state index in [1.807, 2.05) is 0 Å². The molecule has 2 rings (SSSR count). The SMILES string of the molecule is COCCCNc1ccc(S(=O)(=O)NC2CCCCC2)cc1C(=O)O. The summed E-state index contributed by atoms with van der Waals surface area (Å²) in [6.07, 6.45) is 5.52. The van der Waals surface area contributed by atoms with E-state index in [4.69, 9.17) is 4.74 Å². The zero-order valence-electron chi connectivity index (χ0n) is 14.5. The van der Waals surface area contributed by atoms with Gasteiger partial charge in [0.2, 0.25) is 10.0 Å². The maximum atomic E-state index is 12.5. The first-order valence-corrected chi connectivity index (χ1v) is 10.0. The summed E-state index contributed by atoms with van der Waals surface area (Å²) in [5, 5.41) is 12.4. The fraction of sp³-hybridized carbons (Fsp3) is 0.588. The van der Waals surface area contributed by atoms with E-state index in [-0.39, 0.29) is 16.5 Å². The minimum absolute atomic E-state index is 0.0158. The Morgan fingerprint density at radius 3 is 2.64 bits per heavy atom. The number of aromatic carboxylic acids is 1. The quantitative estimate of drug-likeness (QED) is 0.577. The van der Waals surface area contributed by atoms with Crippen molar-refractivity contribution in [2.75, 3.05) is 25.6 Å². The molecule has 0 atom stereocenters. The van der Waals surface area contributed by atoms with Crippen molar-refractivity contribution < 1.29 is 23.1 Å². The van der Waals surface area contributed by atoms with Crippen LogP contribution in [0.25, 0.3) is 0 Å². The largest absolute Gasteiger partial charge is 0.478 e. The summed E-state index contributed by atoms with van der Waals surface area (Å²) in [6, 6.07) is 4.09. The molecule has 1 fully saturated rings. The predicted molar refractivity (Wildman–Crippen MR) is 95.6 cm³/mol. The lowest BCUT2D eigenvalue weighted by molar-refractivity contribution is 0.0697. The number of methoxy groups -OCH3 is 1. The summed E-state index contributed by atoms with van der Waals surface area (Å²) in [6.45, 7) is 1.10. The molecule has 8 heteroatoms. The second kappa shape index (κ2) is 9.17. The van der Waals surface area contributed by atoms with Gasteiger partial charge < -0.3 is 15.2 Å². The molecule has 1 aromatic carbocycles. The molecule has 0 unspecified atom stereocenters. The highest BCUT2D eigenvalue weighted by atomic mass is 32.2. The molecule has 0 radical (unpaired) electrons. The minimum atomic E-state index is -3.72. The van der Waals surface area contributed by atoms with Gasteiger partial charge in [0.1, 0.15) is 0 Å². The first kappa shape index (κ1) is 19.7. The number of nitrogens with one attached hydrogen (secondary N) is 2. The van der Waals surface area contributed by atoms with Crippen molar-refractivity contribution in [2.24, 2.45) is 0 Å². The number of carboxylic acid groups (broad SMARTS) is 1. The molecule has 1 saturated carbocycles. The third-order valence-electron chi connectivity index (χ3n) is 4.30. The van der Waals surface area contributed by atoms with Crippen LogP contribution in [0.5, 0.6) is 0 Å². The zero-order chi connectivity index (χ0) is 18.3. The summed E-state index contributed by atoms with van der Waals surface area (Å²) in [4.78, 5) is 11.5. The maximum absolute atomic E-state index is 12.5. The zero-order valence-corrected chi connectivity index (χ0v) is 15.3. The van der Waals surface area contributed by atoms with Crippen LogP contribution in [-0.2, 0) is 14.8 Å². The molecule has 0 bridgehead atoms. The van der Waals surface area contributed by atoms with Crippen molar-refractivity contribution in [3.8, 4) is 0 Å². The highest BCUT2D eigenvalue weighted by molar-refractivity contribution is 7.89. The Morgan fingerprint density at radius 2 is 2.00 bits per heavy atom. The van der Waals surface area contributed by atoms with E-state index in [1.54, 1.807) is 7.11 Å². The molecule has 0 aromatic heterocycles. The highest BCUT2D eigenvalue weighted by Gasteiger charge is 2.23. The molecule has 3 N–H and O–H groups in total. The monoisotopic (exact) mass is 370 g/mol. The van der Waals surface area contributed by atoms with E-state index >= 15 is 0 Å². The van der Waals surface area contributed by atoms with E-state index in [1.165, 1.54) is 18.2 Å². The van der Waals surface area contributed by atoms with Crippen LogP contribution >= 0.6 is 0 Å². The number of rotatable bonds is 9. The van der Waals surface area contributed by atoms with Gasteiger partial charge in [-0.1, -0.05) is 19.3 Å². The molecule has 25 heavy (non-hydrogen) atoms. The summed E-state index contributed by atoms with van der Waals surface area (Å²) in [5.41, 5.74) is 0.351. The van der Waals surface area contributed by atoms with Crippen molar-refractivity contribution in [1.29, 1.82) is 0 Å². The molecule has 0 amide bonds. The lowest BCUT2D eigenvalue weighted by atomic mass is 9.96. The Bertz CT molecular complexity index is 684. The van der Waals surface area contributed by atoms with Crippen LogP contribution in [0, 0.1) is 0 Å². The number of sulfonamides is 1. The van der Waals surface area contributed by atoms with Crippen LogP contribution < -0.4 is 10.0 Å². The molecule has 0 heterocycles. The molecule has 1 aliphatic rings. The Hall–Kier alpha value is -1.64. The second-order valence-electron chi connectivity index (χ2n) is 6.24. The number of anilines is 1. The number of ether oxygens (including phenoxy) is 1. The van der Waals surface area contributed by atoms with Gasteiger partial charge >= 0.3 is 5.97 Å². The smallest absolute Gasteiger partial charge is 0.337 e. The van der Waals surface area contributed by atoms with Gasteiger partial charge in [-0.3, -0.25) is 0 Å². The van der Waals surface area contributed by atoms with Gasteiger partial charge in [-0.25, -0.2) is 17.9 Å². The van der Waals surface area contributed by atoms with E-state index in [9.17, 15) is 18.3 Å². The second-order valence-corrected chi connectivity index (χ2v) is 7.96. The van der Waals surface area contributed by atoms with Crippen LogP contribution in [0.4, 0.5) is 5.69 Å². The van der Waals surface area contributed by atoms with Gasteiger partial charge in [0, 0.05) is 32.0 Å². The molecule has 1 aromatic rings. The first-order chi connectivity index (χ1) is 11.9. The Labute approximate surface area is 148 Å². The van der Waals surface area contributed by atoms with Crippen LogP contribution in [-0.4, -0.2) is 45.8 Å². The average Bonchev–Trinajstić information content (AvgIpc) is 2.59. The molecule has 140 valence electrons. The number of hydrogen-bond acceptors (Lipinski definition) is 5. The molecule has 7 nitrogen and oxygen atoms in total. The third-order valence-corrected chi connectivity index (χ3v) is 5.82. The van der Waals surface area contributed by atoms with Gasteiger partial charge in [-0.2, -0.15) is 0 Å². The lowest BCUT2D eigenvalue weighted by Crippen LogP contribution is -2.36. The number of carboxylic acids is 1. The topological polar surface area (TPSA) is 105 Å². The summed E-state index contributed by atoms with van der Waals surface area (Å²) in [7, 11) is -2.12. The summed E-state index contributed by atoms with van der Waals surface area (Å²) in [5.74, 6) is -1.16. The van der Waals surface area contributed by atoms with E-state index < -0.39 is 16.0 Å². The molecule has 0 saturated heterocycles. The number of benzene rings is 1. The van der Waals surface area contributed by atoms with Crippen molar-refractivity contribution in [2.45, 2.75) is 49.5 Å². The van der Waals surface area contributed by atoms with Gasteiger partial charge in [0.05, 0.1) is 10.5 Å². The van der Waals surface area contributed by atoms with Crippen LogP contribution in [0.2, 0.25) is 0 Å². The molecular formula is C17H26N2O5S. The molecular weight excluding hydrogens is 344 g/mol. The van der Waals surface area contributed by atoms with Crippen molar-refractivity contribution in [3.63, 3.8) is 0 Å². The molecule has 1 aliphatic carbocycles. The highest BCUT2D eigenvalue weighted by Crippen LogP contribution is 2.23. The minimum Gasteiger partial charge on any atom is -0.478 e. The van der Waals surface area contributed by atoms with Gasteiger partial charge in [-0.05, 0) is 37.5 Å². The van der Waals surface area contributed by atoms with Crippen LogP contribution in [0.15, 0.2) is 23.1 Å². The Kier molecular flexibility index (Phi) is 7.22. The number of carbonyl (C=O) groups is 1. The lowest BCUT2D eigenvalue weighted by Gasteiger charge is -2.22. The third kappa shape index (κ3) is 5.69. The van der Waals surface area contributed by atoms with Gasteiger partial charge in [0.25, 0.3) is 0 Å². The van der Waals surface area contributed by atoms with Gasteiger partial charge in [0.15, 0.2) is 0 Å².